The normalized spacial score (nSPS) is 22.6. The number of aromatic nitrogens is 4. The standard InChI is InChI=1S/C30H34N8O2S/c1-4-36-15-23-12-22(36)16-38(23)30-32-18(2)10-27(35-30)34-26-13-24-25(14-31-26)41-28(33-24)20-6-5-7-21(11-20)29(39)37-8-9-40-17-19(37)3/h5-7,10-11,13-14,19,22-23H,4,8-9,12,15-17H2,1-3H3,(H,31,32,34,35)/t19-,22+,23+/m1/s1. The smallest absolute Gasteiger partial charge is 0.254 e. The van der Waals surface area contributed by atoms with Gasteiger partial charge >= 0.3 is 0 Å². The number of benzene rings is 1. The Kier molecular flexibility index (Phi) is 6.80. The van der Waals surface area contributed by atoms with Gasteiger partial charge in [0.1, 0.15) is 16.6 Å². The first-order chi connectivity index (χ1) is 19.9. The van der Waals surface area contributed by atoms with E-state index < -0.39 is 0 Å². The molecule has 0 spiro atoms. The molecular weight excluding hydrogens is 536 g/mol. The number of carbonyl (C=O) groups excluding carboxylic acids is 1. The van der Waals surface area contributed by atoms with Crippen LogP contribution in [0.1, 0.15) is 36.3 Å². The Morgan fingerprint density at radius 2 is 2.02 bits per heavy atom. The van der Waals surface area contributed by atoms with E-state index in [0.29, 0.717) is 43.2 Å². The van der Waals surface area contributed by atoms with Crippen LogP contribution < -0.4 is 10.2 Å². The Morgan fingerprint density at radius 1 is 1.12 bits per heavy atom. The molecule has 3 atom stereocenters. The van der Waals surface area contributed by atoms with Crippen LogP contribution in [0.5, 0.6) is 0 Å². The zero-order chi connectivity index (χ0) is 28.1. The minimum absolute atomic E-state index is 0.0286. The van der Waals surface area contributed by atoms with E-state index in [4.69, 9.17) is 19.7 Å². The number of likely N-dealkylation sites (N-methyl/N-ethyl adjacent to an activating group) is 1. The maximum Gasteiger partial charge on any atom is 0.254 e. The van der Waals surface area contributed by atoms with Gasteiger partial charge in [0.05, 0.1) is 29.5 Å². The zero-order valence-electron chi connectivity index (χ0n) is 23.6. The highest BCUT2D eigenvalue weighted by atomic mass is 32.1. The maximum atomic E-state index is 13.2. The van der Waals surface area contributed by atoms with E-state index in [2.05, 4.69) is 27.0 Å². The fourth-order valence-corrected chi connectivity index (χ4v) is 7.18. The molecule has 10 nitrogen and oxygen atoms in total. The molecule has 3 aliphatic rings. The number of fused-ring (bicyclic) bond motifs is 3. The Hall–Kier alpha value is -3.67. The summed E-state index contributed by atoms with van der Waals surface area (Å²) in [6.45, 7) is 11.2. The third-order valence-electron chi connectivity index (χ3n) is 8.38. The summed E-state index contributed by atoms with van der Waals surface area (Å²) in [4.78, 5) is 39.2. The summed E-state index contributed by atoms with van der Waals surface area (Å²) in [5.74, 6) is 2.23. The van der Waals surface area contributed by atoms with Crippen molar-refractivity contribution in [1.82, 2.24) is 29.7 Å². The van der Waals surface area contributed by atoms with Gasteiger partial charge in [-0.1, -0.05) is 19.1 Å². The monoisotopic (exact) mass is 570 g/mol. The van der Waals surface area contributed by atoms with Gasteiger partial charge in [-0.25, -0.2) is 15.0 Å². The minimum Gasteiger partial charge on any atom is -0.377 e. The number of anilines is 3. The van der Waals surface area contributed by atoms with Gasteiger partial charge in [0.25, 0.3) is 5.91 Å². The van der Waals surface area contributed by atoms with Gasteiger partial charge in [0.2, 0.25) is 5.95 Å². The molecule has 3 saturated heterocycles. The van der Waals surface area contributed by atoms with E-state index in [1.54, 1.807) is 11.3 Å². The van der Waals surface area contributed by atoms with Crippen molar-refractivity contribution in [2.45, 2.75) is 45.3 Å². The summed E-state index contributed by atoms with van der Waals surface area (Å²) in [6, 6.07) is 12.8. The number of piperazine rings is 1. The van der Waals surface area contributed by atoms with E-state index >= 15 is 0 Å². The van der Waals surface area contributed by atoms with Gasteiger partial charge < -0.3 is 19.9 Å². The first-order valence-electron chi connectivity index (χ1n) is 14.3. The lowest BCUT2D eigenvalue weighted by Crippen LogP contribution is -2.47. The van der Waals surface area contributed by atoms with E-state index in [0.717, 1.165) is 57.9 Å². The average molecular weight is 571 g/mol. The highest BCUT2D eigenvalue weighted by molar-refractivity contribution is 7.21. The number of hydrogen-bond donors (Lipinski definition) is 1. The Labute approximate surface area is 243 Å². The lowest BCUT2D eigenvalue weighted by molar-refractivity contribution is 0.00360. The van der Waals surface area contributed by atoms with Crippen molar-refractivity contribution in [3.05, 3.63) is 53.9 Å². The molecule has 0 saturated carbocycles. The van der Waals surface area contributed by atoms with Crippen molar-refractivity contribution in [2.24, 2.45) is 0 Å². The van der Waals surface area contributed by atoms with Crippen LogP contribution in [-0.4, -0.2) is 93.2 Å². The molecule has 0 unspecified atom stereocenters. The van der Waals surface area contributed by atoms with Gasteiger partial charge in [-0.3, -0.25) is 9.69 Å². The third kappa shape index (κ3) is 5.02. The molecule has 3 aromatic heterocycles. The molecule has 1 N–H and O–H groups in total. The molecule has 1 aromatic carbocycles. The quantitative estimate of drug-likeness (QED) is 0.363. The molecule has 11 heteroatoms. The molecule has 41 heavy (non-hydrogen) atoms. The maximum absolute atomic E-state index is 13.2. The third-order valence-corrected chi connectivity index (χ3v) is 9.43. The van der Waals surface area contributed by atoms with Crippen LogP contribution in [0.15, 0.2) is 42.6 Å². The van der Waals surface area contributed by atoms with E-state index in [1.165, 1.54) is 6.42 Å². The number of morpholine rings is 1. The molecule has 4 aromatic rings. The first-order valence-corrected chi connectivity index (χ1v) is 15.2. The van der Waals surface area contributed by atoms with Crippen LogP contribution in [0.25, 0.3) is 20.8 Å². The summed E-state index contributed by atoms with van der Waals surface area (Å²) < 4.78 is 6.48. The number of nitrogens with one attached hydrogen (secondary N) is 1. The van der Waals surface area contributed by atoms with E-state index in [1.807, 2.05) is 61.3 Å². The predicted molar refractivity (Wildman–Crippen MR) is 161 cm³/mol. The summed E-state index contributed by atoms with van der Waals surface area (Å²) in [6.07, 6.45) is 3.03. The number of likely N-dealkylation sites (tertiary alicyclic amines) is 1. The summed E-state index contributed by atoms with van der Waals surface area (Å²) in [7, 11) is 0. The molecule has 7 rings (SSSR count). The van der Waals surface area contributed by atoms with Crippen LogP contribution in [0.4, 0.5) is 17.6 Å². The van der Waals surface area contributed by atoms with Crippen LogP contribution in [0, 0.1) is 6.92 Å². The summed E-state index contributed by atoms with van der Waals surface area (Å²) >= 11 is 1.57. The fraction of sp³-hybridized carbons (Fsp3) is 0.433. The Balaban J connectivity index is 1.10. The zero-order valence-corrected chi connectivity index (χ0v) is 24.4. The van der Waals surface area contributed by atoms with Crippen LogP contribution in [0.3, 0.4) is 0 Å². The fourth-order valence-electron chi connectivity index (χ4n) is 6.26. The number of carbonyl (C=O) groups is 1. The SMILES string of the molecule is CCN1C[C@@H]2C[C@H]1CN2c1nc(C)cc(Nc2cc3nc(-c4cccc(C(=O)N5CCOC[C@H]5C)c4)sc3cn2)n1. The number of ether oxygens (including phenoxy) is 1. The van der Waals surface area contributed by atoms with Crippen molar-refractivity contribution in [3.63, 3.8) is 0 Å². The van der Waals surface area contributed by atoms with Gasteiger partial charge in [-0.2, -0.15) is 4.98 Å². The second-order valence-electron chi connectivity index (χ2n) is 11.2. The number of nitrogens with zero attached hydrogens (tertiary/aromatic N) is 7. The average Bonchev–Trinajstić information content (AvgIpc) is 3.71. The van der Waals surface area contributed by atoms with E-state index in [-0.39, 0.29) is 11.9 Å². The van der Waals surface area contributed by atoms with Gasteiger partial charge in [0, 0.05) is 66.9 Å². The Morgan fingerprint density at radius 3 is 2.83 bits per heavy atom. The largest absolute Gasteiger partial charge is 0.377 e. The summed E-state index contributed by atoms with van der Waals surface area (Å²) in [5, 5.41) is 4.24. The van der Waals surface area contributed by atoms with Crippen molar-refractivity contribution in [1.29, 1.82) is 0 Å². The lowest BCUT2D eigenvalue weighted by atomic mass is 10.1. The second kappa shape index (κ2) is 10.6. The molecule has 3 fully saturated rings. The number of rotatable bonds is 6. The van der Waals surface area contributed by atoms with Crippen molar-refractivity contribution in [2.75, 3.05) is 49.6 Å². The highest BCUT2D eigenvalue weighted by Crippen LogP contribution is 2.34. The minimum atomic E-state index is 0.0286. The van der Waals surface area contributed by atoms with Crippen molar-refractivity contribution < 1.29 is 9.53 Å². The number of hydrogen-bond acceptors (Lipinski definition) is 10. The van der Waals surface area contributed by atoms with Gasteiger partial charge in [-0.15, -0.1) is 11.3 Å². The first kappa shape index (κ1) is 26.2. The molecule has 0 aliphatic carbocycles. The number of thiazole rings is 1. The topological polar surface area (TPSA) is 99.6 Å². The molecule has 3 aliphatic heterocycles. The molecule has 0 radical (unpaired) electrons. The molecular formula is C30H34N8O2S. The number of pyridine rings is 1. The molecule has 212 valence electrons. The molecule has 2 bridgehead atoms. The molecule has 1 amide bonds. The van der Waals surface area contributed by atoms with Crippen LogP contribution in [0.2, 0.25) is 0 Å². The highest BCUT2D eigenvalue weighted by Gasteiger charge is 2.43. The molecule has 6 heterocycles. The van der Waals surface area contributed by atoms with Crippen molar-refractivity contribution >= 4 is 45.0 Å². The second-order valence-corrected chi connectivity index (χ2v) is 12.2. The van der Waals surface area contributed by atoms with Crippen LogP contribution >= 0.6 is 11.3 Å². The lowest BCUT2D eigenvalue weighted by Gasteiger charge is -2.33. The van der Waals surface area contributed by atoms with Gasteiger partial charge in [0.15, 0.2) is 0 Å². The summed E-state index contributed by atoms with van der Waals surface area (Å²) in [5.41, 5.74) is 3.36. The predicted octanol–water partition coefficient (Wildman–Crippen LogP) is 4.34. The van der Waals surface area contributed by atoms with Gasteiger partial charge in [-0.05, 0) is 38.9 Å². The number of amides is 1. The Bertz CT molecular complexity index is 1610. The number of aryl methyl sites for hydroxylation is 1. The van der Waals surface area contributed by atoms with Crippen LogP contribution in [-0.2, 0) is 4.74 Å². The van der Waals surface area contributed by atoms with E-state index in [9.17, 15) is 4.79 Å². The van der Waals surface area contributed by atoms with Crippen molar-refractivity contribution in [3.8, 4) is 10.6 Å².